The first-order valence-corrected chi connectivity index (χ1v) is 24.1. The molecule has 12 nitrogen and oxygen atoms in total. The van der Waals surface area contributed by atoms with Crippen molar-refractivity contribution in [1.29, 1.82) is 0 Å². The van der Waals surface area contributed by atoms with E-state index in [4.69, 9.17) is 54.5 Å². The molecule has 14 heteroatoms. The van der Waals surface area contributed by atoms with Gasteiger partial charge in [0.15, 0.2) is 18.4 Å². The van der Waals surface area contributed by atoms with Crippen LogP contribution in [0.2, 0.25) is 5.02 Å². The molecular formula is C48H67ClN2O10S. The molecule has 62 heavy (non-hydrogen) atoms. The van der Waals surface area contributed by atoms with Gasteiger partial charge >= 0.3 is 5.97 Å². The number of fused-ring (bicyclic) bond motifs is 8. The van der Waals surface area contributed by atoms with Crippen molar-refractivity contribution in [2.75, 3.05) is 35.4 Å². The number of allylic oxidation sites excluding steroid dienone is 2. The number of carbonyl (C=O) groups is 2. The van der Waals surface area contributed by atoms with Crippen molar-refractivity contribution in [3.05, 3.63) is 51.5 Å². The predicted octanol–water partition coefficient (Wildman–Crippen LogP) is 8.34. The number of aromatic nitrogens is 1. The third kappa shape index (κ3) is 9.11. The maximum absolute atomic E-state index is 15.2. The highest BCUT2D eigenvalue weighted by atomic mass is 35.5. The zero-order valence-corrected chi connectivity index (χ0v) is 39.4. The molecular weight excluding hydrogens is 832 g/mol. The molecule has 17 atom stereocenters. The number of halogens is 1. The second-order valence-electron chi connectivity index (χ2n) is 18.8. The summed E-state index contributed by atoms with van der Waals surface area (Å²) in [4.78, 5) is 38.1. The van der Waals surface area contributed by atoms with Crippen molar-refractivity contribution in [2.45, 2.75) is 165 Å². The number of nitrogens with zero attached hydrogens (tertiary/aromatic N) is 2. The molecule has 1 aromatic carbocycles. The minimum Gasteiger partial charge on any atom is -0.462 e. The molecule has 0 radical (unpaired) electrons. The van der Waals surface area contributed by atoms with E-state index in [0.717, 1.165) is 54.8 Å². The summed E-state index contributed by atoms with van der Waals surface area (Å²) in [5.74, 6) is -1.05. The Hall–Kier alpha value is -2.30. The Morgan fingerprint density at radius 3 is 2.29 bits per heavy atom. The molecule has 4 heterocycles. The van der Waals surface area contributed by atoms with Crippen LogP contribution in [0.15, 0.2) is 35.9 Å². The Morgan fingerprint density at radius 2 is 1.61 bits per heavy atom. The van der Waals surface area contributed by atoms with Crippen LogP contribution in [0.4, 0.5) is 0 Å². The van der Waals surface area contributed by atoms with Crippen molar-refractivity contribution >= 4 is 34.7 Å². The maximum Gasteiger partial charge on any atom is 0.306 e. The molecule has 342 valence electrons. The van der Waals surface area contributed by atoms with E-state index in [9.17, 15) is 4.79 Å². The van der Waals surface area contributed by atoms with Gasteiger partial charge in [-0.15, -0.1) is 11.3 Å². The number of rotatable bonds is 10. The zero-order valence-electron chi connectivity index (χ0n) is 37.8. The van der Waals surface area contributed by atoms with E-state index in [1.165, 1.54) is 4.88 Å². The standard InChI is InChI=1S/C48H67ClN2O10S/c1-10-29-12-11-13-37(61-39-19-18-36(51(5)6)25(3)57-39)24(2)42(53)34-22-32-31-20-30(60-48-45(56-9)44(55-8)43(54-7)26(4)58-48)21-35(31)46-41(40(32)33(34)23-38(52)59-29)50-47(62-46)27-14-16-28(49)17-15-27/h14-17,22,24-26,29-33,35-37,39-40,43-45,48H,10-13,18-21,23H2,1-9H3/t24-,25?,26?,29+,30+,31+,32+,33-,35-,36+,37+,39+,40-,43+,44?,45?,48+/m1/s1. The molecule has 4 fully saturated rings. The predicted molar refractivity (Wildman–Crippen MR) is 236 cm³/mol. The minimum absolute atomic E-state index is 0.00399. The number of cyclic esters (lactones) is 1. The molecule has 1 aromatic heterocycles. The van der Waals surface area contributed by atoms with Crippen molar-refractivity contribution in [3.8, 4) is 10.6 Å². The van der Waals surface area contributed by atoms with Crippen LogP contribution < -0.4 is 0 Å². The molecule has 3 aliphatic carbocycles. The number of ketones is 1. The number of ether oxygens (including phenoxy) is 8. The maximum atomic E-state index is 15.2. The van der Waals surface area contributed by atoms with E-state index in [0.29, 0.717) is 29.5 Å². The Morgan fingerprint density at radius 1 is 0.871 bits per heavy atom. The van der Waals surface area contributed by atoms with Gasteiger partial charge in [-0.3, -0.25) is 9.59 Å². The van der Waals surface area contributed by atoms with E-state index in [-0.39, 0.29) is 84.6 Å². The third-order valence-electron chi connectivity index (χ3n) is 15.0. The van der Waals surface area contributed by atoms with Gasteiger partial charge in [0.25, 0.3) is 0 Å². The Kier molecular flexibility index (Phi) is 14.7. The minimum atomic E-state index is -0.666. The molecule has 0 spiro atoms. The first-order chi connectivity index (χ1) is 29.8. The van der Waals surface area contributed by atoms with Gasteiger partial charge in [0.2, 0.25) is 0 Å². The van der Waals surface area contributed by atoms with Crippen molar-refractivity contribution in [3.63, 3.8) is 0 Å². The SMILES string of the molecule is CC[C@H]1CCC[C@H](O[C@H]2CC[C@H](N(C)C)C(C)O2)[C@@H](C)C(=O)C2=C[C@H]3[C@@H]4C[C@H](O[C@@H]5OC(C)[C@H](OC)C(OC)C5OC)C[C@H]4c4sc(-c5ccc(Cl)cc5)nc4[C@H]3[C@@H]2CC(=O)O1. The molecule has 2 aromatic rings. The Labute approximate surface area is 376 Å². The van der Waals surface area contributed by atoms with Crippen LogP contribution in [0.5, 0.6) is 0 Å². The summed E-state index contributed by atoms with van der Waals surface area (Å²) in [5, 5.41) is 1.56. The lowest BCUT2D eigenvalue weighted by Crippen LogP contribution is -2.59. The molecule has 6 aliphatic rings. The van der Waals surface area contributed by atoms with E-state index >= 15 is 4.79 Å². The molecule has 3 aliphatic heterocycles. The van der Waals surface area contributed by atoms with Gasteiger partial charge in [-0.25, -0.2) is 4.98 Å². The monoisotopic (exact) mass is 898 g/mol. The van der Waals surface area contributed by atoms with Gasteiger partial charge in [-0.05, 0) is 109 Å². The molecule has 1 saturated carbocycles. The van der Waals surface area contributed by atoms with Crippen LogP contribution in [0.1, 0.15) is 108 Å². The topological polar surface area (TPSA) is 124 Å². The van der Waals surface area contributed by atoms with Crippen LogP contribution in [-0.2, 0) is 47.5 Å². The summed E-state index contributed by atoms with van der Waals surface area (Å²) in [6.45, 7) is 8.16. The zero-order chi connectivity index (χ0) is 44.0. The van der Waals surface area contributed by atoms with E-state index in [1.54, 1.807) is 32.7 Å². The van der Waals surface area contributed by atoms with Crippen LogP contribution in [0.25, 0.3) is 10.6 Å². The van der Waals surface area contributed by atoms with Crippen LogP contribution in [0.3, 0.4) is 0 Å². The van der Waals surface area contributed by atoms with Crippen molar-refractivity contribution < 1.29 is 47.5 Å². The summed E-state index contributed by atoms with van der Waals surface area (Å²) < 4.78 is 50.6. The number of hydrogen-bond donors (Lipinski definition) is 0. The Bertz CT molecular complexity index is 1910. The highest BCUT2D eigenvalue weighted by molar-refractivity contribution is 7.15. The van der Waals surface area contributed by atoms with Gasteiger partial charge in [0.05, 0.1) is 36.5 Å². The summed E-state index contributed by atoms with van der Waals surface area (Å²) in [7, 11) is 9.14. The molecule has 0 amide bonds. The van der Waals surface area contributed by atoms with Crippen molar-refractivity contribution in [2.24, 2.45) is 23.7 Å². The Balaban J connectivity index is 1.14. The number of esters is 1. The van der Waals surface area contributed by atoms with Crippen molar-refractivity contribution in [1.82, 2.24) is 9.88 Å². The highest BCUT2D eigenvalue weighted by Crippen LogP contribution is 2.63. The number of carbonyl (C=O) groups excluding carboxylic acids is 2. The number of benzene rings is 1. The summed E-state index contributed by atoms with van der Waals surface area (Å²) in [6, 6.07) is 8.10. The number of hydrogen-bond acceptors (Lipinski definition) is 13. The summed E-state index contributed by atoms with van der Waals surface area (Å²) in [6.07, 6.45) is 5.16. The second-order valence-corrected chi connectivity index (χ2v) is 20.2. The summed E-state index contributed by atoms with van der Waals surface area (Å²) in [5.41, 5.74) is 2.66. The average molecular weight is 900 g/mol. The summed E-state index contributed by atoms with van der Waals surface area (Å²) >= 11 is 8.05. The van der Waals surface area contributed by atoms with Gasteiger partial charge in [0, 0.05) is 66.5 Å². The van der Waals surface area contributed by atoms with Gasteiger partial charge < -0.3 is 42.8 Å². The van der Waals surface area contributed by atoms with Gasteiger partial charge in [-0.1, -0.05) is 43.7 Å². The third-order valence-corrected chi connectivity index (χ3v) is 16.5. The fourth-order valence-corrected chi connectivity index (χ4v) is 13.2. The lowest BCUT2D eigenvalue weighted by Gasteiger charge is -2.44. The fourth-order valence-electron chi connectivity index (χ4n) is 11.8. The highest BCUT2D eigenvalue weighted by Gasteiger charge is 2.57. The first-order valence-electron chi connectivity index (χ1n) is 22.9. The normalized spacial score (nSPS) is 40.1. The molecule has 4 unspecified atom stereocenters. The van der Waals surface area contributed by atoms with Crippen LogP contribution in [-0.4, -0.2) is 125 Å². The van der Waals surface area contributed by atoms with E-state index in [1.807, 2.05) is 38.1 Å². The number of methoxy groups -OCH3 is 3. The largest absolute Gasteiger partial charge is 0.462 e. The number of likely N-dealkylation sites (N-methyl/N-ethyl adjacent to an activating group) is 1. The van der Waals surface area contributed by atoms with Gasteiger partial charge in [0.1, 0.15) is 29.4 Å². The number of Topliss-reactive ketones (excluding diaryl/α,β-unsaturated/α-hetero) is 1. The second kappa shape index (κ2) is 19.7. The van der Waals surface area contributed by atoms with Crippen LogP contribution in [0, 0.1) is 23.7 Å². The van der Waals surface area contributed by atoms with Gasteiger partial charge in [-0.2, -0.15) is 0 Å². The average Bonchev–Trinajstić information content (AvgIpc) is 3.97. The molecule has 8 rings (SSSR count). The molecule has 0 bridgehead atoms. The molecule has 3 saturated heterocycles. The lowest BCUT2D eigenvalue weighted by atomic mass is 9.67. The molecule has 0 N–H and O–H groups in total. The van der Waals surface area contributed by atoms with Crippen LogP contribution >= 0.6 is 22.9 Å². The van der Waals surface area contributed by atoms with E-state index in [2.05, 4.69) is 38.9 Å². The smallest absolute Gasteiger partial charge is 0.306 e. The lowest BCUT2D eigenvalue weighted by molar-refractivity contribution is -0.314. The fraction of sp³-hybridized carbons (Fsp3) is 0.729. The number of thiazole rings is 1. The van der Waals surface area contributed by atoms with E-state index < -0.39 is 30.5 Å². The quantitative estimate of drug-likeness (QED) is 0.213. The first kappa shape index (κ1) is 46.2.